The van der Waals surface area contributed by atoms with E-state index in [0.29, 0.717) is 12.6 Å². The molecule has 2 aromatic heterocycles. The first-order valence-electron chi connectivity index (χ1n) is 10.3. The van der Waals surface area contributed by atoms with Gasteiger partial charge in [-0.25, -0.2) is 0 Å². The summed E-state index contributed by atoms with van der Waals surface area (Å²) in [4.78, 5) is 19.9. The average molecular weight is 418 g/mol. The first-order chi connectivity index (χ1) is 14.2. The number of likely N-dealkylation sites (N-methyl/N-ethyl adjacent to an activating group) is 1. The molecule has 0 aromatic carbocycles. The van der Waals surface area contributed by atoms with Crippen LogP contribution in [0.2, 0.25) is 0 Å². The van der Waals surface area contributed by atoms with Crippen LogP contribution in [0.5, 0.6) is 0 Å². The molecule has 2 aromatic rings. The van der Waals surface area contributed by atoms with Gasteiger partial charge in [0.1, 0.15) is 5.76 Å². The topological polar surface area (TPSA) is 81.9 Å². The lowest BCUT2D eigenvalue weighted by Gasteiger charge is -2.32. The summed E-state index contributed by atoms with van der Waals surface area (Å²) in [6, 6.07) is 8.50. The number of amides is 1. The van der Waals surface area contributed by atoms with Gasteiger partial charge in [-0.1, -0.05) is 6.07 Å². The number of hydrogen-bond acceptors (Lipinski definition) is 5. The van der Waals surface area contributed by atoms with E-state index in [1.165, 1.54) is 4.88 Å². The Morgan fingerprint density at radius 3 is 2.83 bits per heavy atom. The van der Waals surface area contributed by atoms with E-state index in [1.807, 2.05) is 12.1 Å². The number of carbonyl (C=O) groups is 1. The van der Waals surface area contributed by atoms with Gasteiger partial charge in [0.2, 0.25) is 5.91 Å². The predicted octanol–water partition coefficient (Wildman–Crippen LogP) is 1.87. The first kappa shape index (κ1) is 21.4. The van der Waals surface area contributed by atoms with Crippen LogP contribution in [0.1, 0.15) is 23.5 Å². The van der Waals surface area contributed by atoms with E-state index in [2.05, 4.69) is 38.4 Å². The summed E-state index contributed by atoms with van der Waals surface area (Å²) in [7, 11) is 1.68. The zero-order chi connectivity index (χ0) is 20.3. The summed E-state index contributed by atoms with van der Waals surface area (Å²) in [6.07, 6.45) is 5.48. The van der Waals surface area contributed by atoms with Crippen molar-refractivity contribution >= 4 is 23.2 Å². The lowest BCUT2D eigenvalue weighted by molar-refractivity contribution is -0.122. The third kappa shape index (κ3) is 7.55. The smallest absolute Gasteiger partial charge is 0.233 e. The Labute approximate surface area is 176 Å². The summed E-state index contributed by atoms with van der Waals surface area (Å²) < 4.78 is 5.41. The van der Waals surface area contributed by atoms with Crippen molar-refractivity contribution < 1.29 is 9.21 Å². The van der Waals surface area contributed by atoms with Crippen molar-refractivity contribution in [3.63, 3.8) is 0 Å². The van der Waals surface area contributed by atoms with Gasteiger partial charge in [-0.15, -0.1) is 11.3 Å². The Hall–Kier alpha value is -2.32. The second-order valence-corrected chi connectivity index (χ2v) is 8.22. The van der Waals surface area contributed by atoms with Crippen LogP contribution in [0, 0.1) is 0 Å². The summed E-state index contributed by atoms with van der Waals surface area (Å²) >= 11 is 1.77. The van der Waals surface area contributed by atoms with Gasteiger partial charge < -0.3 is 20.4 Å². The Morgan fingerprint density at radius 2 is 2.14 bits per heavy atom. The molecular formula is C21H31N5O2S. The molecule has 0 aliphatic carbocycles. The minimum atomic E-state index is 0.0758. The highest BCUT2D eigenvalue weighted by Crippen LogP contribution is 2.11. The Balaban J connectivity index is 1.48. The van der Waals surface area contributed by atoms with Gasteiger partial charge in [-0.2, -0.15) is 0 Å². The number of likely N-dealkylation sites (tertiary alicyclic amines) is 1. The van der Waals surface area contributed by atoms with E-state index in [9.17, 15) is 4.79 Å². The van der Waals surface area contributed by atoms with Crippen LogP contribution in [-0.2, 0) is 17.6 Å². The molecule has 3 heterocycles. The largest absolute Gasteiger partial charge is 0.469 e. The third-order valence-corrected chi connectivity index (χ3v) is 5.96. The molecule has 3 N–H and O–H groups in total. The Morgan fingerprint density at radius 1 is 1.28 bits per heavy atom. The van der Waals surface area contributed by atoms with Crippen LogP contribution in [-0.4, -0.2) is 62.6 Å². The molecule has 1 aliphatic heterocycles. The highest BCUT2D eigenvalue weighted by atomic mass is 32.1. The standard InChI is InChI=1S/C21H31N5O2S/c1-22-20(27)16-26-12-8-17(9-13-26)25-21(23-10-6-18-4-2-14-28-18)24-11-7-19-5-3-15-29-19/h2-5,14-15,17H,6-13,16H2,1H3,(H,22,27)(H2,23,24,25). The zero-order valence-electron chi connectivity index (χ0n) is 17.0. The van der Waals surface area contributed by atoms with Crippen LogP contribution in [0.3, 0.4) is 0 Å². The van der Waals surface area contributed by atoms with Crippen molar-refractivity contribution in [1.29, 1.82) is 0 Å². The Kier molecular flexibility index (Phi) is 8.58. The molecule has 0 bridgehead atoms. The highest BCUT2D eigenvalue weighted by molar-refractivity contribution is 7.09. The molecule has 1 aliphatic rings. The van der Waals surface area contributed by atoms with Gasteiger partial charge in [-0.05, 0) is 36.4 Å². The fourth-order valence-electron chi connectivity index (χ4n) is 3.36. The van der Waals surface area contributed by atoms with Gasteiger partial charge in [0.15, 0.2) is 5.96 Å². The highest BCUT2D eigenvalue weighted by Gasteiger charge is 2.21. The molecule has 1 amide bonds. The molecule has 0 unspecified atom stereocenters. The molecule has 158 valence electrons. The van der Waals surface area contributed by atoms with Crippen LogP contribution >= 0.6 is 11.3 Å². The molecule has 0 spiro atoms. The number of furan rings is 1. The van der Waals surface area contributed by atoms with Crippen LogP contribution in [0.4, 0.5) is 0 Å². The molecule has 0 saturated carbocycles. The Bertz CT molecular complexity index is 737. The lowest BCUT2D eigenvalue weighted by Crippen LogP contribution is -2.50. The SMILES string of the molecule is CNC(=O)CN1CCC(NC(=NCCc2cccs2)NCCc2ccco2)CC1. The van der Waals surface area contributed by atoms with Crippen LogP contribution in [0.15, 0.2) is 45.3 Å². The van der Waals surface area contributed by atoms with Gasteiger partial charge in [0.25, 0.3) is 0 Å². The van der Waals surface area contributed by atoms with Crippen molar-refractivity contribution in [2.75, 3.05) is 39.8 Å². The van der Waals surface area contributed by atoms with E-state index in [0.717, 1.165) is 63.6 Å². The molecule has 8 heteroatoms. The number of nitrogens with zero attached hydrogens (tertiary/aromatic N) is 2. The summed E-state index contributed by atoms with van der Waals surface area (Å²) in [5.74, 6) is 1.91. The maximum atomic E-state index is 11.6. The maximum absolute atomic E-state index is 11.6. The second-order valence-electron chi connectivity index (χ2n) is 7.18. The zero-order valence-corrected chi connectivity index (χ0v) is 17.8. The number of nitrogens with one attached hydrogen (secondary N) is 3. The van der Waals surface area contributed by atoms with E-state index >= 15 is 0 Å². The summed E-state index contributed by atoms with van der Waals surface area (Å²) in [6.45, 7) is 3.84. The van der Waals surface area contributed by atoms with Crippen molar-refractivity contribution in [3.8, 4) is 0 Å². The fraction of sp³-hybridized carbons (Fsp3) is 0.524. The van der Waals surface area contributed by atoms with Gasteiger partial charge in [0, 0.05) is 57.0 Å². The molecule has 7 nitrogen and oxygen atoms in total. The maximum Gasteiger partial charge on any atom is 0.233 e. The normalized spacial score (nSPS) is 16.0. The van der Waals surface area contributed by atoms with Crippen molar-refractivity contribution in [2.24, 2.45) is 4.99 Å². The summed E-state index contributed by atoms with van der Waals surface area (Å²) in [5, 5.41) is 11.8. The molecular weight excluding hydrogens is 386 g/mol. The molecule has 1 fully saturated rings. The van der Waals surface area contributed by atoms with Crippen molar-refractivity contribution in [3.05, 3.63) is 46.5 Å². The average Bonchev–Trinajstić information content (AvgIpc) is 3.43. The molecule has 3 rings (SSSR count). The number of thiophene rings is 1. The number of guanidine groups is 1. The van der Waals surface area contributed by atoms with E-state index in [1.54, 1.807) is 24.6 Å². The van der Waals surface area contributed by atoms with Gasteiger partial charge in [0.05, 0.1) is 12.8 Å². The number of piperidine rings is 1. The molecule has 0 radical (unpaired) electrons. The monoisotopic (exact) mass is 417 g/mol. The van der Waals surface area contributed by atoms with Crippen LogP contribution in [0.25, 0.3) is 0 Å². The van der Waals surface area contributed by atoms with Gasteiger partial charge in [-0.3, -0.25) is 14.7 Å². The van der Waals surface area contributed by atoms with Crippen molar-refractivity contribution in [1.82, 2.24) is 20.9 Å². The quantitative estimate of drug-likeness (QED) is 0.429. The number of rotatable bonds is 9. The van der Waals surface area contributed by atoms with Gasteiger partial charge >= 0.3 is 0 Å². The lowest BCUT2D eigenvalue weighted by atomic mass is 10.1. The minimum Gasteiger partial charge on any atom is -0.469 e. The second kappa shape index (κ2) is 11.6. The molecule has 1 saturated heterocycles. The third-order valence-electron chi connectivity index (χ3n) is 5.03. The predicted molar refractivity (Wildman–Crippen MR) is 117 cm³/mol. The van der Waals surface area contributed by atoms with Crippen molar-refractivity contribution in [2.45, 2.75) is 31.7 Å². The van der Waals surface area contributed by atoms with E-state index in [4.69, 9.17) is 9.41 Å². The van der Waals surface area contributed by atoms with E-state index in [-0.39, 0.29) is 5.91 Å². The fourth-order valence-corrected chi connectivity index (χ4v) is 4.05. The molecule has 29 heavy (non-hydrogen) atoms. The minimum absolute atomic E-state index is 0.0758. The number of aliphatic imine (C=N–C) groups is 1. The van der Waals surface area contributed by atoms with Crippen LogP contribution < -0.4 is 16.0 Å². The number of carbonyl (C=O) groups excluding carboxylic acids is 1. The van der Waals surface area contributed by atoms with E-state index < -0.39 is 0 Å². The first-order valence-corrected chi connectivity index (χ1v) is 11.1. The molecule has 0 atom stereocenters. The summed E-state index contributed by atoms with van der Waals surface area (Å²) in [5.41, 5.74) is 0. The number of hydrogen-bond donors (Lipinski definition) is 3.